The minimum absolute atomic E-state index is 0.232. The lowest BCUT2D eigenvalue weighted by atomic mass is 9.99. The van der Waals surface area contributed by atoms with Crippen LogP contribution in [0.1, 0.15) is 22.2 Å². The average Bonchev–Trinajstić information content (AvgIpc) is 2.90. The van der Waals surface area contributed by atoms with Gasteiger partial charge in [-0.15, -0.1) is 0 Å². The molecular weight excluding hydrogens is 250 g/mol. The van der Waals surface area contributed by atoms with Crippen molar-refractivity contribution < 1.29 is 14.1 Å². The predicted molar refractivity (Wildman–Crippen MR) is 62.3 cm³/mol. The molecule has 0 aliphatic heterocycles. The highest BCUT2D eigenvalue weighted by atomic mass is 16.6. The molecule has 2 aromatic rings. The van der Waals surface area contributed by atoms with Crippen LogP contribution < -0.4 is 0 Å². The summed E-state index contributed by atoms with van der Waals surface area (Å²) in [5.74, 6) is -2.58. The Kier molecular flexibility index (Phi) is 3.34. The number of Topliss-reactive ketones (excluding diaryl/α,β-unsaturated/α-hetero) is 1. The summed E-state index contributed by atoms with van der Waals surface area (Å²) in [7, 11) is 0. The first-order valence-corrected chi connectivity index (χ1v) is 5.22. The first-order valence-electron chi connectivity index (χ1n) is 5.22. The van der Waals surface area contributed by atoms with E-state index in [4.69, 9.17) is 9.68 Å². The molecule has 0 saturated carbocycles. The molecule has 2 aromatic heterocycles. The number of pyridine rings is 1. The van der Waals surface area contributed by atoms with Crippen LogP contribution in [0.5, 0.6) is 0 Å². The Morgan fingerprint density at radius 3 is 2.74 bits per heavy atom. The highest BCUT2D eigenvalue weighted by molar-refractivity contribution is 6.00. The number of aromatic nitrogens is 1. The maximum Gasteiger partial charge on any atom is 0.433 e. The van der Waals surface area contributed by atoms with E-state index >= 15 is 0 Å². The summed E-state index contributed by atoms with van der Waals surface area (Å²) in [4.78, 5) is 25.7. The largest absolute Gasteiger partial charge is 0.433 e. The summed E-state index contributed by atoms with van der Waals surface area (Å²) in [5.41, 5.74) is 0.272. The number of hydrogen-bond acceptors (Lipinski definition) is 6. The van der Waals surface area contributed by atoms with E-state index in [1.54, 1.807) is 12.1 Å². The van der Waals surface area contributed by atoms with E-state index in [0.29, 0.717) is 0 Å². The zero-order valence-electron chi connectivity index (χ0n) is 9.52. The lowest BCUT2D eigenvalue weighted by Crippen LogP contribution is -2.11. The van der Waals surface area contributed by atoms with Crippen molar-refractivity contribution in [1.29, 1.82) is 5.26 Å². The van der Waals surface area contributed by atoms with Crippen molar-refractivity contribution in [3.8, 4) is 6.07 Å². The molecule has 1 atom stereocenters. The standard InChI is InChI=1S/C12H7N3O4/c13-7-8(9-3-1-2-6-14-9)12(16)10-4-5-11(19-10)15(17)18/h1-6,8H/t8-/m0/s1. The van der Waals surface area contributed by atoms with Crippen LogP contribution >= 0.6 is 0 Å². The van der Waals surface area contributed by atoms with Crippen molar-refractivity contribution in [1.82, 2.24) is 4.98 Å². The third kappa shape index (κ3) is 2.47. The second-order valence-corrected chi connectivity index (χ2v) is 3.58. The molecule has 2 heterocycles. The van der Waals surface area contributed by atoms with E-state index in [1.165, 1.54) is 18.3 Å². The number of carbonyl (C=O) groups is 1. The number of ketones is 1. The normalized spacial score (nSPS) is 11.5. The zero-order valence-corrected chi connectivity index (χ0v) is 9.52. The van der Waals surface area contributed by atoms with Crippen molar-refractivity contribution in [3.63, 3.8) is 0 Å². The van der Waals surface area contributed by atoms with Gasteiger partial charge in [-0.25, -0.2) is 0 Å². The van der Waals surface area contributed by atoms with Crippen molar-refractivity contribution >= 4 is 11.7 Å². The smallest absolute Gasteiger partial charge is 0.397 e. The van der Waals surface area contributed by atoms with Gasteiger partial charge in [-0.3, -0.25) is 19.9 Å². The van der Waals surface area contributed by atoms with E-state index in [0.717, 1.165) is 6.07 Å². The Morgan fingerprint density at radius 1 is 1.42 bits per heavy atom. The van der Waals surface area contributed by atoms with Gasteiger partial charge < -0.3 is 4.42 Å². The molecule has 0 saturated heterocycles. The van der Waals surface area contributed by atoms with Gasteiger partial charge in [0, 0.05) is 6.20 Å². The number of nitro groups is 1. The molecule has 7 nitrogen and oxygen atoms in total. The molecule has 2 rings (SSSR count). The van der Waals surface area contributed by atoms with Gasteiger partial charge in [-0.05, 0) is 18.2 Å². The Balaban J connectivity index is 2.31. The molecule has 0 N–H and O–H groups in total. The van der Waals surface area contributed by atoms with Crippen molar-refractivity contribution in [2.45, 2.75) is 5.92 Å². The van der Waals surface area contributed by atoms with Gasteiger partial charge in [-0.2, -0.15) is 5.26 Å². The molecule has 0 fully saturated rings. The van der Waals surface area contributed by atoms with E-state index < -0.39 is 22.5 Å². The fourth-order valence-electron chi connectivity index (χ4n) is 1.51. The lowest BCUT2D eigenvalue weighted by Gasteiger charge is -2.04. The Bertz CT molecular complexity index is 657. The fraction of sp³-hybridized carbons (Fsp3) is 0.0833. The second kappa shape index (κ2) is 5.10. The van der Waals surface area contributed by atoms with E-state index in [2.05, 4.69) is 4.98 Å². The third-order valence-electron chi connectivity index (χ3n) is 2.39. The van der Waals surface area contributed by atoms with Gasteiger partial charge in [0.15, 0.2) is 11.7 Å². The summed E-state index contributed by atoms with van der Waals surface area (Å²) >= 11 is 0. The Morgan fingerprint density at radius 2 is 2.21 bits per heavy atom. The number of nitrogens with zero attached hydrogens (tertiary/aromatic N) is 3. The molecule has 19 heavy (non-hydrogen) atoms. The number of nitriles is 1. The van der Waals surface area contributed by atoms with Gasteiger partial charge in [0.05, 0.1) is 17.8 Å². The van der Waals surface area contributed by atoms with Gasteiger partial charge in [-0.1, -0.05) is 6.07 Å². The fourth-order valence-corrected chi connectivity index (χ4v) is 1.51. The zero-order chi connectivity index (χ0) is 13.8. The van der Waals surface area contributed by atoms with Crippen molar-refractivity contribution in [2.75, 3.05) is 0 Å². The number of furan rings is 1. The minimum Gasteiger partial charge on any atom is -0.397 e. The van der Waals surface area contributed by atoms with Gasteiger partial charge in [0.2, 0.25) is 5.78 Å². The quantitative estimate of drug-likeness (QED) is 0.471. The highest BCUT2D eigenvalue weighted by Gasteiger charge is 2.27. The molecular formula is C12H7N3O4. The van der Waals surface area contributed by atoms with Crippen LogP contribution in [0.15, 0.2) is 40.9 Å². The Labute approximate surface area is 107 Å². The van der Waals surface area contributed by atoms with Crippen LogP contribution in [0.25, 0.3) is 0 Å². The minimum atomic E-state index is -1.15. The maximum absolute atomic E-state index is 12.0. The number of rotatable bonds is 4. The molecule has 0 spiro atoms. The highest BCUT2D eigenvalue weighted by Crippen LogP contribution is 2.22. The summed E-state index contributed by atoms with van der Waals surface area (Å²) in [6.45, 7) is 0. The monoisotopic (exact) mass is 257 g/mol. The van der Waals surface area contributed by atoms with Crippen LogP contribution in [0.3, 0.4) is 0 Å². The molecule has 0 aliphatic carbocycles. The van der Waals surface area contributed by atoms with Crippen LogP contribution in [0.4, 0.5) is 5.88 Å². The number of hydrogen-bond donors (Lipinski definition) is 0. The molecule has 0 bridgehead atoms. The van der Waals surface area contributed by atoms with Crippen molar-refractivity contribution in [3.05, 3.63) is 58.1 Å². The van der Waals surface area contributed by atoms with Crippen LogP contribution in [-0.2, 0) is 0 Å². The van der Waals surface area contributed by atoms with Gasteiger partial charge in [0.25, 0.3) is 0 Å². The van der Waals surface area contributed by atoms with E-state index in [-0.39, 0.29) is 11.5 Å². The molecule has 94 valence electrons. The topological polar surface area (TPSA) is 110 Å². The molecule has 7 heteroatoms. The molecule has 0 aliphatic rings. The SMILES string of the molecule is N#C[C@H](C(=O)c1ccc([N+](=O)[O-])o1)c1ccccn1. The molecule has 0 unspecified atom stereocenters. The lowest BCUT2D eigenvalue weighted by molar-refractivity contribution is -0.402. The van der Waals surface area contributed by atoms with Crippen LogP contribution in [-0.4, -0.2) is 15.7 Å². The predicted octanol–water partition coefficient (Wildman–Crippen LogP) is 2.07. The van der Waals surface area contributed by atoms with Crippen LogP contribution in [0.2, 0.25) is 0 Å². The summed E-state index contributed by atoms with van der Waals surface area (Å²) in [6.07, 6.45) is 1.46. The van der Waals surface area contributed by atoms with Crippen LogP contribution in [0, 0.1) is 21.4 Å². The molecule has 0 amide bonds. The van der Waals surface area contributed by atoms with E-state index in [9.17, 15) is 14.9 Å². The second-order valence-electron chi connectivity index (χ2n) is 3.58. The Hall–Kier alpha value is -3.01. The molecule has 0 aromatic carbocycles. The number of carbonyl (C=O) groups excluding carboxylic acids is 1. The first kappa shape index (κ1) is 12.4. The van der Waals surface area contributed by atoms with E-state index in [1.807, 2.05) is 6.07 Å². The van der Waals surface area contributed by atoms with Gasteiger partial charge in [0.1, 0.15) is 4.92 Å². The summed E-state index contributed by atoms with van der Waals surface area (Å²) in [6, 6.07) is 8.88. The maximum atomic E-state index is 12.0. The summed E-state index contributed by atoms with van der Waals surface area (Å²) < 4.78 is 4.78. The molecule has 0 radical (unpaired) electrons. The first-order chi connectivity index (χ1) is 9.13. The summed E-state index contributed by atoms with van der Waals surface area (Å²) in [5, 5.41) is 19.5. The van der Waals surface area contributed by atoms with Crippen molar-refractivity contribution in [2.24, 2.45) is 0 Å². The van der Waals surface area contributed by atoms with Gasteiger partial charge >= 0.3 is 5.88 Å². The average molecular weight is 257 g/mol. The third-order valence-corrected chi connectivity index (χ3v) is 2.39.